The minimum atomic E-state index is -1.39. The highest BCUT2D eigenvalue weighted by Crippen LogP contribution is 2.20. The summed E-state index contributed by atoms with van der Waals surface area (Å²) in [7, 11) is -1.39. The molecule has 3 nitrogen and oxygen atoms in total. The van der Waals surface area contributed by atoms with Gasteiger partial charge in [-0.3, -0.25) is 9.00 Å². The molecule has 1 aromatic rings. The molecule has 0 aromatic heterocycles. The van der Waals surface area contributed by atoms with Crippen LogP contribution in [0.3, 0.4) is 0 Å². The number of carbonyl (C=O) groups is 1. The average Bonchev–Trinajstić information content (AvgIpc) is 2.22. The first-order chi connectivity index (χ1) is 7.90. The van der Waals surface area contributed by atoms with Crippen LogP contribution in [0.5, 0.6) is 0 Å². The summed E-state index contributed by atoms with van der Waals surface area (Å²) in [5, 5.41) is 8.42. The maximum atomic E-state index is 13.0. The summed E-state index contributed by atoms with van der Waals surface area (Å²) in [5.41, 5.74) is 0.433. The number of hydrogen-bond donors (Lipinski definition) is 1. The van der Waals surface area contributed by atoms with E-state index < -0.39 is 27.8 Å². The summed E-state index contributed by atoms with van der Waals surface area (Å²) in [6.07, 6.45) is -0.181. The number of carboxylic acid groups (broad SMARTS) is 1. The van der Waals surface area contributed by atoms with Gasteiger partial charge in [0.25, 0.3) is 0 Å². The van der Waals surface area contributed by atoms with E-state index in [0.29, 0.717) is 10.6 Å². The number of aliphatic carboxylic acids is 1. The number of carboxylic acids is 1. The SMILES string of the molecule is CC(CC(=O)O)S(=O)Cc1cc(F)ccc1Cl. The molecule has 94 valence electrons. The highest BCUT2D eigenvalue weighted by molar-refractivity contribution is 7.84. The minimum absolute atomic E-state index is 0.0606. The Bertz CT molecular complexity index is 450. The second kappa shape index (κ2) is 6.12. The van der Waals surface area contributed by atoms with Crippen molar-refractivity contribution in [1.82, 2.24) is 0 Å². The molecule has 0 spiro atoms. The molecular weight excluding hydrogens is 267 g/mol. The van der Waals surface area contributed by atoms with Gasteiger partial charge in [-0.1, -0.05) is 18.5 Å². The molecule has 1 rings (SSSR count). The highest BCUT2D eigenvalue weighted by Gasteiger charge is 2.16. The summed E-state index contributed by atoms with van der Waals surface area (Å²) < 4.78 is 24.7. The lowest BCUT2D eigenvalue weighted by Crippen LogP contribution is -2.17. The van der Waals surface area contributed by atoms with Crippen LogP contribution in [0.25, 0.3) is 0 Å². The van der Waals surface area contributed by atoms with Crippen molar-refractivity contribution in [1.29, 1.82) is 0 Å². The van der Waals surface area contributed by atoms with Crippen LogP contribution in [0.2, 0.25) is 5.02 Å². The second-order valence-electron chi connectivity index (χ2n) is 3.67. The van der Waals surface area contributed by atoms with Crippen molar-refractivity contribution in [2.75, 3.05) is 0 Å². The van der Waals surface area contributed by atoms with Crippen molar-refractivity contribution in [3.8, 4) is 0 Å². The minimum Gasteiger partial charge on any atom is -0.481 e. The van der Waals surface area contributed by atoms with Crippen molar-refractivity contribution in [3.63, 3.8) is 0 Å². The van der Waals surface area contributed by atoms with E-state index in [4.69, 9.17) is 16.7 Å². The van der Waals surface area contributed by atoms with Gasteiger partial charge in [-0.2, -0.15) is 0 Å². The molecule has 1 aromatic carbocycles. The average molecular weight is 279 g/mol. The first-order valence-electron chi connectivity index (χ1n) is 4.93. The topological polar surface area (TPSA) is 54.4 Å². The van der Waals surface area contributed by atoms with Gasteiger partial charge < -0.3 is 5.11 Å². The monoisotopic (exact) mass is 278 g/mol. The standard InChI is InChI=1S/C11H12ClFO3S/c1-7(4-11(14)15)17(16)6-8-5-9(13)2-3-10(8)12/h2-3,5,7H,4,6H2,1H3,(H,14,15). The van der Waals surface area contributed by atoms with Gasteiger partial charge >= 0.3 is 5.97 Å². The normalized spacial score (nSPS) is 14.3. The highest BCUT2D eigenvalue weighted by atomic mass is 35.5. The van der Waals surface area contributed by atoms with Gasteiger partial charge in [0.05, 0.1) is 12.2 Å². The van der Waals surface area contributed by atoms with E-state index in [9.17, 15) is 13.4 Å². The molecule has 0 amide bonds. The zero-order valence-corrected chi connectivity index (χ0v) is 10.7. The van der Waals surface area contributed by atoms with Crippen LogP contribution in [0.1, 0.15) is 18.9 Å². The zero-order valence-electron chi connectivity index (χ0n) is 9.15. The summed E-state index contributed by atoms with van der Waals surface area (Å²) in [6, 6.07) is 3.83. The maximum Gasteiger partial charge on any atom is 0.304 e. The van der Waals surface area contributed by atoms with E-state index >= 15 is 0 Å². The van der Waals surface area contributed by atoms with E-state index in [1.807, 2.05) is 0 Å². The van der Waals surface area contributed by atoms with Crippen molar-refractivity contribution >= 4 is 28.4 Å². The van der Waals surface area contributed by atoms with E-state index in [1.54, 1.807) is 6.92 Å². The zero-order chi connectivity index (χ0) is 13.0. The fourth-order valence-electron chi connectivity index (χ4n) is 1.29. The van der Waals surface area contributed by atoms with Crippen LogP contribution < -0.4 is 0 Å². The third kappa shape index (κ3) is 4.44. The number of rotatable bonds is 5. The lowest BCUT2D eigenvalue weighted by molar-refractivity contribution is -0.136. The largest absolute Gasteiger partial charge is 0.481 e. The van der Waals surface area contributed by atoms with Gasteiger partial charge in [0.15, 0.2) is 0 Å². The van der Waals surface area contributed by atoms with Crippen LogP contribution >= 0.6 is 11.6 Å². The first kappa shape index (κ1) is 14.1. The fraction of sp³-hybridized carbons (Fsp3) is 0.364. The third-order valence-corrected chi connectivity index (χ3v) is 4.24. The molecule has 0 aliphatic heterocycles. The molecule has 1 N–H and O–H groups in total. The molecule has 0 radical (unpaired) electrons. The Kier molecular flexibility index (Phi) is 5.08. The molecule has 6 heteroatoms. The van der Waals surface area contributed by atoms with Crippen molar-refractivity contribution in [3.05, 3.63) is 34.6 Å². The number of hydrogen-bond acceptors (Lipinski definition) is 2. The van der Waals surface area contributed by atoms with Gasteiger partial charge in [-0.15, -0.1) is 0 Å². The lowest BCUT2D eigenvalue weighted by Gasteiger charge is -2.10. The van der Waals surface area contributed by atoms with Gasteiger partial charge in [0, 0.05) is 21.1 Å². The summed E-state index contributed by atoms with van der Waals surface area (Å²) >= 11 is 5.83. The predicted octanol–water partition coefficient (Wildman–Crippen LogP) is 2.59. The van der Waals surface area contributed by atoms with Gasteiger partial charge in [-0.05, 0) is 23.8 Å². The summed E-state index contributed by atoms with van der Waals surface area (Å²) in [6.45, 7) is 1.58. The maximum absolute atomic E-state index is 13.0. The Morgan fingerprint density at radius 1 is 1.59 bits per heavy atom. The molecular formula is C11H12ClFO3S. The third-order valence-electron chi connectivity index (χ3n) is 2.22. The fourth-order valence-corrected chi connectivity index (χ4v) is 2.71. The van der Waals surface area contributed by atoms with Crippen molar-refractivity contribution < 1.29 is 18.5 Å². The Hall–Kier alpha value is -0.940. The van der Waals surface area contributed by atoms with E-state index in [0.717, 1.165) is 0 Å². The van der Waals surface area contributed by atoms with Gasteiger partial charge in [-0.25, -0.2) is 4.39 Å². The van der Waals surface area contributed by atoms with Crippen LogP contribution in [0.15, 0.2) is 18.2 Å². The number of halogens is 2. The smallest absolute Gasteiger partial charge is 0.304 e. The second-order valence-corrected chi connectivity index (χ2v) is 5.93. The Labute approximate surface area is 106 Å². The number of benzene rings is 1. The molecule has 0 fully saturated rings. The molecule has 0 saturated carbocycles. The van der Waals surface area contributed by atoms with Gasteiger partial charge in [0.1, 0.15) is 5.82 Å². The van der Waals surface area contributed by atoms with Crippen LogP contribution in [-0.2, 0) is 21.3 Å². The Morgan fingerprint density at radius 3 is 2.82 bits per heavy atom. The van der Waals surface area contributed by atoms with E-state index in [1.165, 1.54) is 18.2 Å². The Morgan fingerprint density at radius 2 is 2.24 bits per heavy atom. The molecule has 2 unspecified atom stereocenters. The molecule has 2 atom stereocenters. The molecule has 0 heterocycles. The Balaban J connectivity index is 2.73. The molecule has 0 saturated heterocycles. The summed E-state index contributed by atoms with van der Waals surface area (Å²) in [4.78, 5) is 10.5. The molecule has 0 aliphatic rings. The molecule has 0 aliphatic carbocycles. The van der Waals surface area contributed by atoms with Crippen LogP contribution in [-0.4, -0.2) is 20.5 Å². The predicted molar refractivity (Wildman–Crippen MR) is 65.0 cm³/mol. The summed E-state index contributed by atoms with van der Waals surface area (Å²) in [5.74, 6) is -1.39. The quantitative estimate of drug-likeness (QED) is 0.901. The van der Waals surface area contributed by atoms with Crippen molar-refractivity contribution in [2.24, 2.45) is 0 Å². The van der Waals surface area contributed by atoms with Gasteiger partial charge in [0.2, 0.25) is 0 Å². The molecule has 17 heavy (non-hydrogen) atoms. The van der Waals surface area contributed by atoms with Crippen LogP contribution in [0, 0.1) is 5.82 Å². The van der Waals surface area contributed by atoms with E-state index in [2.05, 4.69) is 0 Å². The van der Waals surface area contributed by atoms with Crippen LogP contribution in [0.4, 0.5) is 4.39 Å². The van der Waals surface area contributed by atoms with E-state index in [-0.39, 0.29) is 12.2 Å². The lowest BCUT2D eigenvalue weighted by atomic mass is 10.2. The molecule has 0 bridgehead atoms. The van der Waals surface area contributed by atoms with Crippen molar-refractivity contribution in [2.45, 2.75) is 24.3 Å². The first-order valence-corrected chi connectivity index (χ1v) is 6.69.